The van der Waals surface area contributed by atoms with Crippen LogP contribution in [0.25, 0.3) is 0 Å². The number of ether oxygens (including phenoxy) is 1. The van der Waals surface area contributed by atoms with Crippen LogP contribution in [-0.2, 0) is 9.53 Å². The number of piperidine rings is 1. The molecular formula is C16H23N3O4. The molecule has 0 N–H and O–H groups in total. The number of nitrogens with zero attached hydrogens (tertiary/aromatic N) is 3. The first-order chi connectivity index (χ1) is 11.0. The Bertz CT molecular complexity index is 562. The van der Waals surface area contributed by atoms with Crippen molar-refractivity contribution in [3.63, 3.8) is 0 Å². The standard InChI is InChI=1S/C16H23N3O4/c1-3-23-13-7-6-10-18(11-13)16(20)12-17(2)14-8-4-5-9-15(14)19(21)22/h4-5,8-9,13H,3,6-7,10-12H2,1-2H3. The van der Waals surface area contributed by atoms with E-state index in [9.17, 15) is 14.9 Å². The number of benzene rings is 1. The molecule has 1 heterocycles. The van der Waals surface area contributed by atoms with Crippen LogP contribution in [0, 0.1) is 10.1 Å². The molecule has 1 aliphatic heterocycles. The predicted molar refractivity (Wildman–Crippen MR) is 87.6 cm³/mol. The summed E-state index contributed by atoms with van der Waals surface area (Å²) in [6.45, 7) is 4.01. The van der Waals surface area contributed by atoms with Gasteiger partial charge in [0.05, 0.1) is 17.6 Å². The SMILES string of the molecule is CCOC1CCCN(C(=O)CN(C)c2ccccc2[N+](=O)[O-])C1. The number of anilines is 1. The largest absolute Gasteiger partial charge is 0.377 e. The fraction of sp³-hybridized carbons (Fsp3) is 0.562. The molecule has 2 rings (SSSR count). The zero-order chi connectivity index (χ0) is 16.8. The highest BCUT2D eigenvalue weighted by Crippen LogP contribution is 2.26. The number of para-hydroxylation sites is 2. The summed E-state index contributed by atoms with van der Waals surface area (Å²) >= 11 is 0. The highest BCUT2D eigenvalue weighted by Gasteiger charge is 2.25. The molecule has 1 saturated heterocycles. The second-order valence-corrected chi connectivity index (χ2v) is 5.66. The highest BCUT2D eigenvalue weighted by atomic mass is 16.6. The average molecular weight is 321 g/mol. The van der Waals surface area contributed by atoms with E-state index in [1.807, 2.05) is 6.92 Å². The Morgan fingerprint density at radius 3 is 2.91 bits per heavy atom. The first kappa shape index (κ1) is 17.2. The van der Waals surface area contributed by atoms with Crippen molar-refractivity contribution in [1.29, 1.82) is 0 Å². The molecule has 1 atom stereocenters. The third-order valence-electron chi connectivity index (χ3n) is 4.00. The maximum atomic E-state index is 12.5. The van der Waals surface area contributed by atoms with Gasteiger partial charge in [-0.25, -0.2) is 0 Å². The summed E-state index contributed by atoms with van der Waals surface area (Å²) in [5.74, 6) is -0.0324. The number of nitro groups is 1. The van der Waals surface area contributed by atoms with Crippen molar-refractivity contribution < 1.29 is 14.5 Å². The number of rotatable bonds is 6. The minimum absolute atomic E-state index is 0.00800. The van der Waals surface area contributed by atoms with E-state index in [2.05, 4.69) is 0 Å². The zero-order valence-electron chi connectivity index (χ0n) is 13.6. The highest BCUT2D eigenvalue weighted by molar-refractivity contribution is 5.82. The molecule has 0 bridgehead atoms. The van der Waals surface area contributed by atoms with E-state index in [4.69, 9.17) is 4.74 Å². The maximum absolute atomic E-state index is 12.5. The number of carbonyl (C=O) groups excluding carboxylic acids is 1. The van der Waals surface area contributed by atoms with Gasteiger partial charge in [-0.2, -0.15) is 0 Å². The Morgan fingerprint density at radius 1 is 1.48 bits per heavy atom. The Morgan fingerprint density at radius 2 is 2.22 bits per heavy atom. The average Bonchev–Trinajstić information content (AvgIpc) is 2.55. The molecule has 1 fully saturated rings. The van der Waals surface area contributed by atoms with Crippen LogP contribution in [-0.4, -0.2) is 55.1 Å². The van der Waals surface area contributed by atoms with Crippen LogP contribution in [0.2, 0.25) is 0 Å². The minimum Gasteiger partial charge on any atom is -0.377 e. The number of nitro benzene ring substituents is 1. The summed E-state index contributed by atoms with van der Waals surface area (Å²) < 4.78 is 5.61. The normalized spacial score (nSPS) is 17.8. The van der Waals surface area contributed by atoms with E-state index < -0.39 is 4.92 Å². The van der Waals surface area contributed by atoms with Crippen LogP contribution in [0.1, 0.15) is 19.8 Å². The molecule has 1 aliphatic rings. The number of carbonyl (C=O) groups is 1. The summed E-state index contributed by atoms with van der Waals surface area (Å²) in [6, 6.07) is 6.46. The van der Waals surface area contributed by atoms with Gasteiger partial charge in [-0.3, -0.25) is 14.9 Å². The molecule has 1 unspecified atom stereocenters. The smallest absolute Gasteiger partial charge is 0.292 e. The molecule has 23 heavy (non-hydrogen) atoms. The molecule has 1 aromatic carbocycles. The number of hydrogen-bond donors (Lipinski definition) is 0. The van der Waals surface area contributed by atoms with Crippen molar-refractivity contribution in [3.05, 3.63) is 34.4 Å². The number of likely N-dealkylation sites (N-methyl/N-ethyl adjacent to an activating group) is 1. The number of likely N-dealkylation sites (tertiary alicyclic amines) is 1. The van der Waals surface area contributed by atoms with Gasteiger partial charge in [-0.15, -0.1) is 0 Å². The third kappa shape index (κ3) is 4.41. The zero-order valence-corrected chi connectivity index (χ0v) is 13.6. The van der Waals surface area contributed by atoms with Crippen molar-refractivity contribution in [2.75, 3.05) is 38.2 Å². The van der Waals surface area contributed by atoms with Crippen LogP contribution in [0.15, 0.2) is 24.3 Å². The van der Waals surface area contributed by atoms with Crippen LogP contribution < -0.4 is 4.90 Å². The molecule has 7 heteroatoms. The van der Waals surface area contributed by atoms with Gasteiger partial charge < -0.3 is 14.5 Å². The predicted octanol–water partition coefficient (Wildman–Crippen LogP) is 2.06. The van der Waals surface area contributed by atoms with E-state index in [0.717, 1.165) is 12.8 Å². The van der Waals surface area contributed by atoms with E-state index in [0.29, 0.717) is 25.4 Å². The fourth-order valence-electron chi connectivity index (χ4n) is 2.87. The molecule has 0 spiro atoms. The van der Waals surface area contributed by atoms with Gasteiger partial charge in [0, 0.05) is 32.8 Å². The van der Waals surface area contributed by atoms with Crippen molar-refractivity contribution in [2.45, 2.75) is 25.9 Å². The van der Waals surface area contributed by atoms with E-state index in [-0.39, 0.29) is 24.2 Å². The molecule has 7 nitrogen and oxygen atoms in total. The van der Waals surface area contributed by atoms with Crippen molar-refractivity contribution in [3.8, 4) is 0 Å². The molecule has 1 aromatic rings. The second kappa shape index (κ2) is 7.92. The van der Waals surface area contributed by atoms with Crippen LogP contribution in [0.4, 0.5) is 11.4 Å². The number of hydrogen-bond acceptors (Lipinski definition) is 5. The quantitative estimate of drug-likeness (QED) is 0.592. The summed E-state index contributed by atoms with van der Waals surface area (Å²) in [5.41, 5.74) is 0.456. The molecule has 126 valence electrons. The lowest BCUT2D eigenvalue weighted by Gasteiger charge is -2.33. The maximum Gasteiger partial charge on any atom is 0.292 e. The van der Waals surface area contributed by atoms with Gasteiger partial charge >= 0.3 is 0 Å². The first-order valence-electron chi connectivity index (χ1n) is 7.86. The first-order valence-corrected chi connectivity index (χ1v) is 7.86. The Labute approximate surface area is 136 Å². The van der Waals surface area contributed by atoms with Gasteiger partial charge in [0.1, 0.15) is 5.69 Å². The lowest BCUT2D eigenvalue weighted by molar-refractivity contribution is -0.384. The molecular weight excluding hydrogens is 298 g/mol. The summed E-state index contributed by atoms with van der Waals surface area (Å²) in [4.78, 5) is 26.6. The van der Waals surface area contributed by atoms with Gasteiger partial charge in [-0.05, 0) is 25.8 Å². The van der Waals surface area contributed by atoms with Crippen LogP contribution >= 0.6 is 0 Å². The van der Waals surface area contributed by atoms with Gasteiger partial charge in [0.2, 0.25) is 5.91 Å². The summed E-state index contributed by atoms with van der Waals surface area (Å²) in [7, 11) is 1.70. The molecule has 0 aromatic heterocycles. The Hall–Kier alpha value is -2.15. The molecule has 0 saturated carbocycles. The van der Waals surface area contributed by atoms with Crippen LogP contribution in [0.5, 0.6) is 0 Å². The van der Waals surface area contributed by atoms with Gasteiger partial charge in [0.25, 0.3) is 5.69 Å². The topological polar surface area (TPSA) is 75.9 Å². The molecule has 0 aliphatic carbocycles. The summed E-state index contributed by atoms with van der Waals surface area (Å²) in [5, 5.41) is 11.1. The minimum atomic E-state index is -0.428. The van der Waals surface area contributed by atoms with E-state index >= 15 is 0 Å². The lowest BCUT2D eigenvalue weighted by atomic mass is 10.1. The van der Waals surface area contributed by atoms with Crippen LogP contribution in [0.3, 0.4) is 0 Å². The van der Waals surface area contributed by atoms with E-state index in [1.54, 1.807) is 35.0 Å². The van der Waals surface area contributed by atoms with Crippen molar-refractivity contribution in [1.82, 2.24) is 4.90 Å². The Kier molecular flexibility index (Phi) is 5.92. The Balaban J connectivity index is 2.01. The second-order valence-electron chi connectivity index (χ2n) is 5.66. The van der Waals surface area contributed by atoms with Crippen molar-refractivity contribution in [2.24, 2.45) is 0 Å². The molecule has 1 amide bonds. The van der Waals surface area contributed by atoms with Gasteiger partial charge in [-0.1, -0.05) is 12.1 Å². The lowest BCUT2D eigenvalue weighted by Crippen LogP contribution is -2.46. The molecule has 0 radical (unpaired) electrons. The van der Waals surface area contributed by atoms with Crippen molar-refractivity contribution >= 4 is 17.3 Å². The monoisotopic (exact) mass is 321 g/mol. The summed E-state index contributed by atoms with van der Waals surface area (Å²) in [6.07, 6.45) is 1.98. The fourth-order valence-corrected chi connectivity index (χ4v) is 2.87. The third-order valence-corrected chi connectivity index (χ3v) is 4.00. The van der Waals surface area contributed by atoms with E-state index in [1.165, 1.54) is 6.07 Å². The number of amides is 1. The van der Waals surface area contributed by atoms with Gasteiger partial charge in [0.15, 0.2) is 0 Å².